The number of carbonyl (C=O) groups is 1. The molecule has 0 bridgehead atoms. The molecule has 0 atom stereocenters. The van der Waals surface area contributed by atoms with Crippen molar-refractivity contribution in [2.24, 2.45) is 0 Å². The Bertz CT molecular complexity index is 1090. The fraction of sp³-hybridized carbons (Fsp3) is 0.0952. The van der Waals surface area contributed by atoms with Crippen LogP contribution in [0.5, 0.6) is 5.75 Å². The first-order valence-corrected chi connectivity index (χ1v) is 11.4. The van der Waals surface area contributed by atoms with E-state index in [1.807, 2.05) is 48.0 Å². The zero-order valence-corrected chi connectivity index (χ0v) is 17.9. The molecule has 0 aliphatic carbocycles. The topological polar surface area (TPSA) is 64.1 Å². The van der Waals surface area contributed by atoms with E-state index in [9.17, 15) is 4.79 Å². The molecule has 4 aromatic rings. The van der Waals surface area contributed by atoms with Crippen LogP contribution in [0.3, 0.4) is 0 Å². The minimum absolute atomic E-state index is 0.181. The van der Waals surface area contributed by atoms with Gasteiger partial charge in [0.25, 0.3) is 5.91 Å². The van der Waals surface area contributed by atoms with Crippen molar-refractivity contribution in [2.75, 3.05) is 5.32 Å². The van der Waals surface area contributed by atoms with Crippen LogP contribution >= 0.6 is 34.4 Å². The van der Waals surface area contributed by atoms with Gasteiger partial charge in [0, 0.05) is 32.6 Å². The van der Waals surface area contributed by atoms with Gasteiger partial charge in [0.2, 0.25) is 0 Å². The van der Waals surface area contributed by atoms with Crippen LogP contribution in [0.15, 0.2) is 74.0 Å². The Hall–Kier alpha value is -2.68. The third kappa shape index (κ3) is 5.44. The van der Waals surface area contributed by atoms with Gasteiger partial charge in [0.15, 0.2) is 4.34 Å². The predicted molar refractivity (Wildman–Crippen MR) is 118 cm³/mol. The van der Waals surface area contributed by atoms with Crippen LogP contribution in [0.25, 0.3) is 0 Å². The smallest absolute Gasteiger partial charge is 0.255 e. The van der Waals surface area contributed by atoms with E-state index in [1.54, 1.807) is 46.8 Å². The number of nitrogens with one attached hydrogen (secondary N) is 1. The zero-order chi connectivity index (χ0) is 20.1. The normalized spacial score (nSPS) is 10.7. The lowest BCUT2D eigenvalue weighted by Crippen LogP contribution is -2.11. The van der Waals surface area contributed by atoms with E-state index in [4.69, 9.17) is 4.74 Å². The van der Waals surface area contributed by atoms with Gasteiger partial charge in [-0.15, -0.1) is 22.7 Å². The molecule has 2 heterocycles. The van der Waals surface area contributed by atoms with Crippen molar-refractivity contribution < 1.29 is 9.53 Å². The van der Waals surface area contributed by atoms with E-state index in [2.05, 4.69) is 15.3 Å². The first kappa shape index (κ1) is 19.6. The van der Waals surface area contributed by atoms with E-state index < -0.39 is 0 Å². The Morgan fingerprint density at radius 1 is 1.17 bits per heavy atom. The minimum atomic E-state index is -0.181. The summed E-state index contributed by atoms with van der Waals surface area (Å²) in [7, 11) is 0. The van der Waals surface area contributed by atoms with Gasteiger partial charge in [-0.2, -0.15) is 0 Å². The number of nitrogens with zero attached hydrogens (tertiary/aromatic N) is 2. The molecule has 0 unspecified atom stereocenters. The standard InChI is InChI=1S/C21H17N3O2S3/c1-14-11-28-21(23-14)29-19-7-5-16(6-8-19)24-20(25)15-3-2-4-18(9-15)26-10-17-12-27-13-22-17/h2-9,11-13H,10H2,1H3,(H,24,25). The van der Waals surface area contributed by atoms with Crippen molar-refractivity contribution in [1.29, 1.82) is 0 Å². The van der Waals surface area contributed by atoms with Crippen molar-refractivity contribution >= 4 is 46.0 Å². The summed E-state index contributed by atoms with van der Waals surface area (Å²) in [5.74, 6) is 0.455. The van der Waals surface area contributed by atoms with Gasteiger partial charge >= 0.3 is 0 Å². The summed E-state index contributed by atoms with van der Waals surface area (Å²) in [4.78, 5) is 22.3. The number of benzene rings is 2. The summed E-state index contributed by atoms with van der Waals surface area (Å²) in [5, 5.41) is 6.89. The second kappa shape index (κ2) is 9.21. The molecule has 1 amide bonds. The number of anilines is 1. The lowest BCUT2D eigenvalue weighted by molar-refractivity contribution is 0.102. The molecule has 2 aromatic carbocycles. The number of amides is 1. The number of hydrogen-bond acceptors (Lipinski definition) is 7. The number of rotatable bonds is 7. The quantitative estimate of drug-likeness (QED) is 0.389. The van der Waals surface area contributed by atoms with Crippen LogP contribution in [0.1, 0.15) is 21.7 Å². The SMILES string of the molecule is Cc1csc(Sc2ccc(NC(=O)c3cccc(OCc4cscn4)c3)cc2)n1. The first-order chi connectivity index (χ1) is 14.2. The van der Waals surface area contributed by atoms with Gasteiger partial charge in [0.05, 0.1) is 11.2 Å². The van der Waals surface area contributed by atoms with Gasteiger partial charge in [-0.3, -0.25) is 4.79 Å². The Morgan fingerprint density at radius 2 is 2.03 bits per heavy atom. The number of aryl methyl sites for hydroxylation is 1. The maximum atomic E-state index is 12.6. The van der Waals surface area contributed by atoms with Crippen LogP contribution in [-0.2, 0) is 6.61 Å². The highest BCUT2D eigenvalue weighted by Crippen LogP contribution is 2.31. The lowest BCUT2D eigenvalue weighted by Gasteiger charge is -2.08. The largest absolute Gasteiger partial charge is 0.487 e. The van der Waals surface area contributed by atoms with Gasteiger partial charge in [-0.25, -0.2) is 9.97 Å². The fourth-order valence-electron chi connectivity index (χ4n) is 2.48. The lowest BCUT2D eigenvalue weighted by atomic mass is 10.2. The molecule has 0 aliphatic rings. The van der Waals surface area contributed by atoms with E-state index in [0.717, 1.165) is 26.3 Å². The summed E-state index contributed by atoms with van der Waals surface area (Å²) in [6, 6.07) is 14.9. The summed E-state index contributed by atoms with van der Waals surface area (Å²) in [6.45, 7) is 2.37. The number of carbonyl (C=O) groups excluding carboxylic acids is 1. The predicted octanol–water partition coefficient (Wildman–Crippen LogP) is 5.89. The Labute approximate surface area is 180 Å². The second-order valence-corrected chi connectivity index (χ2v) is 9.03. The molecule has 0 fully saturated rings. The minimum Gasteiger partial charge on any atom is -0.487 e. The highest BCUT2D eigenvalue weighted by molar-refractivity contribution is 8.01. The molecule has 0 spiro atoms. The molecule has 0 aliphatic heterocycles. The third-order valence-electron chi connectivity index (χ3n) is 3.88. The monoisotopic (exact) mass is 439 g/mol. The van der Waals surface area contributed by atoms with E-state index in [0.29, 0.717) is 17.9 Å². The number of aromatic nitrogens is 2. The number of thiazole rings is 2. The van der Waals surface area contributed by atoms with Crippen molar-refractivity contribution in [2.45, 2.75) is 22.8 Å². The molecule has 0 saturated heterocycles. The molecule has 8 heteroatoms. The van der Waals surface area contributed by atoms with Crippen molar-refractivity contribution in [3.05, 3.63) is 81.8 Å². The summed E-state index contributed by atoms with van der Waals surface area (Å²) < 4.78 is 6.73. The van der Waals surface area contributed by atoms with E-state index in [1.165, 1.54) is 11.3 Å². The molecule has 4 rings (SSSR count). The molecule has 29 heavy (non-hydrogen) atoms. The Kier molecular flexibility index (Phi) is 6.24. The maximum Gasteiger partial charge on any atom is 0.255 e. The molecular formula is C21H17N3O2S3. The van der Waals surface area contributed by atoms with Crippen molar-refractivity contribution in [3.63, 3.8) is 0 Å². The van der Waals surface area contributed by atoms with Gasteiger partial charge in [-0.1, -0.05) is 17.8 Å². The molecular weight excluding hydrogens is 422 g/mol. The summed E-state index contributed by atoms with van der Waals surface area (Å²) in [6.07, 6.45) is 0. The van der Waals surface area contributed by atoms with Crippen molar-refractivity contribution in [3.8, 4) is 5.75 Å². The Balaban J connectivity index is 1.36. The van der Waals surface area contributed by atoms with Crippen LogP contribution in [0.2, 0.25) is 0 Å². The highest BCUT2D eigenvalue weighted by atomic mass is 32.2. The third-order valence-corrected chi connectivity index (χ3v) is 6.58. The van der Waals surface area contributed by atoms with E-state index >= 15 is 0 Å². The van der Waals surface area contributed by atoms with Crippen LogP contribution in [0.4, 0.5) is 5.69 Å². The van der Waals surface area contributed by atoms with Crippen LogP contribution < -0.4 is 10.1 Å². The van der Waals surface area contributed by atoms with Crippen LogP contribution in [-0.4, -0.2) is 15.9 Å². The molecule has 1 N–H and O–H groups in total. The van der Waals surface area contributed by atoms with E-state index in [-0.39, 0.29) is 5.91 Å². The first-order valence-electron chi connectivity index (χ1n) is 8.77. The maximum absolute atomic E-state index is 12.6. The second-order valence-electron chi connectivity index (χ2n) is 6.13. The Morgan fingerprint density at radius 3 is 2.76 bits per heavy atom. The number of ether oxygens (including phenoxy) is 1. The summed E-state index contributed by atoms with van der Waals surface area (Å²) >= 11 is 4.77. The molecule has 146 valence electrons. The molecule has 2 aromatic heterocycles. The highest BCUT2D eigenvalue weighted by Gasteiger charge is 2.09. The number of hydrogen-bond donors (Lipinski definition) is 1. The van der Waals surface area contributed by atoms with Gasteiger partial charge in [-0.05, 0) is 49.4 Å². The zero-order valence-electron chi connectivity index (χ0n) is 15.5. The molecule has 0 saturated carbocycles. The summed E-state index contributed by atoms with van der Waals surface area (Å²) in [5.41, 5.74) is 4.94. The van der Waals surface area contributed by atoms with Gasteiger partial charge < -0.3 is 10.1 Å². The van der Waals surface area contributed by atoms with Crippen molar-refractivity contribution in [1.82, 2.24) is 9.97 Å². The van der Waals surface area contributed by atoms with Gasteiger partial charge in [0.1, 0.15) is 12.4 Å². The average molecular weight is 440 g/mol. The van der Waals surface area contributed by atoms with Crippen LogP contribution in [0, 0.1) is 6.92 Å². The fourth-order valence-corrected chi connectivity index (χ4v) is 4.84. The molecule has 0 radical (unpaired) electrons. The average Bonchev–Trinajstić information content (AvgIpc) is 3.40. The molecule has 5 nitrogen and oxygen atoms in total.